The molecule has 3 heterocycles. The zero-order valence-electron chi connectivity index (χ0n) is 16.4. The van der Waals surface area contributed by atoms with E-state index in [-0.39, 0.29) is 29.0 Å². The predicted octanol–water partition coefficient (Wildman–Crippen LogP) is 1.19. The van der Waals surface area contributed by atoms with E-state index >= 15 is 0 Å². The summed E-state index contributed by atoms with van der Waals surface area (Å²) >= 11 is 0. The molecule has 9 nitrogen and oxygen atoms in total. The summed E-state index contributed by atoms with van der Waals surface area (Å²) in [6.07, 6.45) is 1.44. The fraction of sp³-hybridized carbons (Fsp3) is 0.350. The minimum Gasteiger partial charge on any atom is -0.459 e. The maximum Gasteiger partial charge on any atom is 0.289 e. The quantitative estimate of drug-likeness (QED) is 0.722. The number of anilines is 1. The fourth-order valence-corrected chi connectivity index (χ4v) is 5.52. The van der Waals surface area contributed by atoms with E-state index < -0.39 is 21.8 Å². The van der Waals surface area contributed by atoms with Gasteiger partial charge in [-0.3, -0.25) is 14.4 Å². The highest BCUT2D eigenvalue weighted by Gasteiger charge is 2.42. The van der Waals surface area contributed by atoms with Gasteiger partial charge in [0, 0.05) is 31.7 Å². The van der Waals surface area contributed by atoms with Crippen molar-refractivity contribution in [1.29, 1.82) is 0 Å². The molecule has 0 bridgehead atoms. The number of rotatable bonds is 3. The molecule has 0 aliphatic carbocycles. The average Bonchev–Trinajstić information content (AvgIpc) is 3.33. The second-order valence-corrected chi connectivity index (χ2v) is 9.26. The average molecular weight is 431 g/mol. The molecule has 0 radical (unpaired) electrons. The molecule has 1 aromatic carbocycles. The van der Waals surface area contributed by atoms with E-state index in [1.54, 1.807) is 41.0 Å². The second kappa shape index (κ2) is 7.60. The lowest BCUT2D eigenvalue weighted by Crippen LogP contribution is -2.50. The molecule has 2 aromatic rings. The molecule has 2 aliphatic heterocycles. The van der Waals surface area contributed by atoms with Crippen LogP contribution in [0, 0.1) is 5.92 Å². The Labute approximate surface area is 173 Å². The highest BCUT2D eigenvalue weighted by atomic mass is 32.2. The van der Waals surface area contributed by atoms with Crippen LogP contribution < -0.4 is 4.31 Å². The summed E-state index contributed by atoms with van der Waals surface area (Å²) in [6.45, 7) is 2.97. The standard InChI is InChI=1S/C20H21N3O6S/c1-14-13-30(27,28)23(18(14)24)16-5-2-4-15(12-16)19(25)21-7-9-22(10-8-21)20(26)17-6-3-11-29-17/h2-6,11-12,14H,7-10,13H2,1H3. The maximum atomic E-state index is 12.9. The Hall–Kier alpha value is -3.14. The monoisotopic (exact) mass is 431 g/mol. The molecule has 0 spiro atoms. The summed E-state index contributed by atoms with van der Waals surface area (Å²) in [5.74, 6) is -1.60. The molecule has 10 heteroatoms. The van der Waals surface area contributed by atoms with Gasteiger partial charge in [0.25, 0.3) is 11.8 Å². The van der Waals surface area contributed by atoms with Crippen molar-refractivity contribution in [1.82, 2.24) is 9.80 Å². The van der Waals surface area contributed by atoms with Gasteiger partial charge in [-0.2, -0.15) is 0 Å². The summed E-state index contributed by atoms with van der Waals surface area (Å²) in [7, 11) is -3.74. The van der Waals surface area contributed by atoms with Gasteiger partial charge in [0.15, 0.2) is 5.76 Å². The number of carbonyl (C=O) groups is 3. The van der Waals surface area contributed by atoms with E-state index in [1.807, 2.05) is 0 Å². The molecular formula is C20H21N3O6S. The van der Waals surface area contributed by atoms with Gasteiger partial charge in [0.2, 0.25) is 15.9 Å². The molecule has 1 atom stereocenters. The van der Waals surface area contributed by atoms with Crippen LogP contribution in [0.4, 0.5) is 5.69 Å². The molecule has 2 aliphatic rings. The van der Waals surface area contributed by atoms with E-state index in [0.29, 0.717) is 31.7 Å². The lowest BCUT2D eigenvalue weighted by Gasteiger charge is -2.34. The van der Waals surface area contributed by atoms with Crippen LogP contribution in [0.25, 0.3) is 0 Å². The third kappa shape index (κ3) is 3.58. The van der Waals surface area contributed by atoms with Crippen molar-refractivity contribution in [3.8, 4) is 0 Å². The molecule has 1 aromatic heterocycles. The Morgan fingerprint density at radius 2 is 1.67 bits per heavy atom. The van der Waals surface area contributed by atoms with Crippen LogP contribution in [-0.4, -0.2) is 67.9 Å². The van der Waals surface area contributed by atoms with Crippen molar-refractivity contribution in [3.05, 3.63) is 54.0 Å². The number of nitrogens with zero attached hydrogens (tertiary/aromatic N) is 3. The third-order valence-corrected chi connectivity index (χ3v) is 7.14. The van der Waals surface area contributed by atoms with Crippen LogP contribution in [-0.2, 0) is 14.8 Å². The Morgan fingerprint density at radius 3 is 2.23 bits per heavy atom. The van der Waals surface area contributed by atoms with Gasteiger partial charge in [-0.15, -0.1) is 0 Å². The smallest absolute Gasteiger partial charge is 0.289 e. The maximum absolute atomic E-state index is 12.9. The van der Waals surface area contributed by atoms with Crippen LogP contribution in [0.3, 0.4) is 0 Å². The number of benzene rings is 1. The van der Waals surface area contributed by atoms with Crippen molar-refractivity contribution in [3.63, 3.8) is 0 Å². The molecule has 158 valence electrons. The van der Waals surface area contributed by atoms with Crippen LogP contribution in [0.5, 0.6) is 0 Å². The first-order valence-electron chi connectivity index (χ1n) is 9.57. The Bertz CT molecular complexity index is 1090. The van der Waals surface area contributed by atoms with Gasteiger partial charge in [-0.25, -0.2) is 12.7 Å². The van der Waals surface area contributed by atoms with Crippen molar-refractivity contribution in [2.75, 3.05) is 36.2 Å². The van der Waals surface area contributed by atoms with Crippen molar-refractivity contribution >= 4 is 33.4 Å². The number of sulfonamides is 1. The van der Waals surface area contributed by atoms with Crippen molar-refractivity contribution < 1.29 is 27.2 Å². The van der Waals surface area contributed by atoms with Crippen LogP contribution in [0.2, 0.25) is 0 Å². The highest BCUT2D eigenvalue weighted by molar-refractivity contribution is 7.94. The molecule has 4 rings (SSSR count). The fourth-order valence-electron chi connectivity index (χ4n) is 3.70. The Balaban J connectivity index is 1.47. The minimum absolute atomic E-state index is 0.168. The molecule has 2 fully saturated rings. The topological polar surface area (TPSA) is 108 Å². The van der Waals surface area contributed by atoms with E-state index in [2.05, 4.69) is 0 Å². The normalized spacial score (nSPS) is 21.2. The first kappa shape index (κ1) is 20.1. The second-order valence-electron chi connectivity index (χ2n) is 7.39. The number of amides is 3. The number of carbonyl (C=O) groups excluding carboxylic acids is 3. The van der Waals surface area contributed by atoms with Crippen LogP contribution in [0.1, 0.15) is 27.8 Å². The predicted molar refractivity (Wildman–Crippen MR) is 107 cm³/mol. The molecule has 3 amide bonds. The summed E-state index contributed by atoms with van der Waals surface area (Å²) in [5.41, 5.74) is 0.461. The lowest BCUT2D eigenvalue weighted by atomic mass is 10.1. The Kier molecular flexibility index (Phi) is 5.10. The molecule has 2 saturated heterocycles. The number of hydrogen-bond acceptors (Lipinski definition) is 6. The van der Waals surface area contributed by atoms with Crippen molar-refractivity contribution in [2.45, 2.75) is 6.92 Å². The largest absolute Gasteiger partial charge is 0.459 e. The van der Waals surface area contributed by atoms with Crippen LogP contribution in [0.15, 0.2) is 47.1 Å². The highest BCUT2D eigenvalue weighted by Crippen LogP contribution is 2.29. The molecule has 1 unspecified atom stereocenters. The Morgan fingerprint density at radius 1 is 1.00 bits per heavy atom. The first-order chi connectivity index (χ1) is 14.3. The summed E-state index contributed by atoms with van der Waals surface area (Å²) in [4.78, 5) is 40.8. The van der Waals surface area contributed by atoms with E-state index in [1.165, 1.54) is 18.4 Å². The summed E-state index contributed by atoms with van der Waals surface area (Å²) < 4.78 is 30.6. The molecule has 30 heavy (non-hydrogen) atoms. The molecular weight excluding hydrogens is 410 g/mol. The minimum atomic E-state index is -3.74. The number of furan rings is 1. The lowest BCUT2D eigenvalue weighted by molar-refractivity contribution is -0.119. The van der Waals surface area contributed by atoms with Crippen LogP contribution >= 0.6 is 0 Å². The zero-order valence-corrected chi connectivity index (χ0v) is 17.2. The van der Waals surface area contributed by atoms with Gasteiger partial charge in [0.1, 0.15) is 0 Å². The van der Waals surface area contributed by atoms with E-state index in [9.17, 15) is 22.8 Å². The molecule has 0 N–H and O–H groups in total. The van der Waals surface area contributed by atoms with E-state index in [4.69, 9.17) is 4.42 Å². The van der Waals surface area contributed by atoms with Gasteiger partial charge in [-0.1, -0.05) is 13.0 Å². The first-order valence-corrected chi connectivity index (χ1v) is 11.2. The summed E-state index contributed by atoms with van der Waals surface area (Å²) in [5, 5.41) is 0. The van der Waals surface area contributed by atoms with Gasteiger partial charge in [0.05, 0.1) is 23.6 Å². The third-order valence-electron chi connectivity index (χ3n) is 5.27. The number of piperazine rings is 1. The van der Waals surface area contributed by atoms with Gasteiger partial charge in [-0.05, 0) is 30.3 Å². The number of hydrogen-bond donors (Lipinski definition) is 0. The summed E-state index contributed by atoms with van der Waals surface area (Å²) in [6, 6.07) is 9.32. The SMILES string of the molecule is CC1CS(=O)(=O)N(c2cccc(C(=O)N3CCN(C(=O)c4ccco4)CC3)c2)C1=O. The molecule has 0 saturated carbocycles. The van der Waals surface area contributed by atoms with Crippen molar-refractivity contribution in [2.24, 2.45) is 5.92 Å². The zero-order chi connectivity index (χ0) is 21.5. The van der Waals surface area contributed by atoms with E-state index in [0.717, 1.165) is 4.31 Å². The van der Waals surface area contributed by atoms with Gasteiger partial charge >= 0.3 is 0 Å². The van der Waals surface area contributed by atoms with Gasteiger partial charge < -0.3 is 14.2 Å².